The second-order valence-electron chi connectivity index (χ2n) is 4.31. The SMILES string of the molecule is COc1cc(C)ccc1NC(=O)c1cc(Br)cn1C. The summed E-state index contributed by atoms with van der Waals surface area (Å²) in [5, 5.41) is 2.85. The van der Waals surface area contributed by atoms with Crippen molar-refractivity contribution in [1.29, 1.82) is 0 Å². The predicted octanol–water partition coefficient (Wildman–Crippen LogP) is 3.36. The minimum Gasteiger partial charge on any atom is -0.495 e. The van der Waals surface area contributed by atoms with E-state index in [2.05, 4.69) is 21.2 Å². The minimum atomic E-state index is -0.171. The van der Waals surface area contributed by atoms with Gasteiger partial charge in [-0.3, -0.25) is 4.79 Å². The van der Waals surface area contributed by atoms with Crippen molar-refractivity contribution >= 4 is 27.5 Å². The van der Waals surface area contributed by atoms with Crippen molar-refractivity contribution in [3.05, 3.63) is 46.2 Å². The molecule has 0 fully saturated rings. The van der Waals surface area contributed by atoms with Gasteiger partial charge in [0.25, 0.3) is 5.91 Å². The van der Waals surface area contributed by atoms with Gasteiger partial charge in [-0.1, -0.05) is 6.07 Å². The van der Waals surface area contributed by atoms with E-state index >= 15 is 0 Å². The number of ether oxygens (including phenoxy) is 1. The van der Waals surface area contributed by atoms with Crippen LogP contribution in [0.15, 0.2) is 34.9 Å². The highest BCUT2D eigenvalue weighted by Gasteiger charge is 2.13. The maximum atomic E-state index is 12.2. The molecule has 0 unspecified atom stereocenters. The first-order chi connectivity index (χ1) is 9.01. The van der Waals surface area contributed by atoms with E-state index in [0.717, 1.165) is 10.0 Å². The number of nitrogens with one attached hydrogen (secondary N) is 1. The van der Waals surface area contributed by atoms with E-state index in [1.54, 1.807) is 17.7 Å². The van der Waals surface area contributed by atoms with Gasteiger partial charge in [0.1, 0.15) is 11.4 Å². The molecule has 19 heavy (non-hydrogen) atoms. The fourth-order valence-corrected chi connectivity index (χ4v) is 2.36. The van der Waals surface area contributed by atoms with Gasteiger partial charge < -0.3 is 14.6 Å². The van der Waals surface area contributed by atoms with Crippen LogP contribution in [-0.2, 0) is 7.05 Å². The standard InChI is InChI=1S/C14H15BrN2O2/c1-9-4-5-11(13(6-9)19-3)16-14(18)12-7-10(15)8-17(12)2/h4-8H,1-3H3,(H,16,18). The van der Waals surface area contributed by atoms with Crippen molar-refractivity contribution in [2.45, 2.75) is 6.92 Å². The summed E-state index contributed by atoms with van der Waals surface area (Å²) in [6.45, 7) is 1.97. The van der Waals surface area contributed by atoms with E-state index in [1.807, 2.05) is 38.4 Å². The number of benzene rings is 1. The van der Waals surface area contributed by atoms with Crippen molar-refractivity contribution in [1.82, 2.24) is 4.57 Å². The van der Waals surface area contributed by atoms with Crippen LogP contribution >= 0.6 is 15.9 Å². The first-order valence-corrected chi connectivity index (χ1v) is 6.58. The average Bonchev–Trinajstić information content (AvgIpc) is 2.70. The molecule has 1 heterocycles. The molecule has 0 aliphatic rings. The molecule has 2 aromatic rings. The summed E-state index contributed by atoms with van der Waals surface area (Å²) in [5.74, 6) is 0.483. The first kappa shape index (κ1) is 13.7. The topological polar surface area (TPSA) is 43.3 Å². The normalized spacial score (nSPS) is 10.3. The monoisotopic (exact) mass is 322 g/mol. The number of rotatable bonds is 3. The summed E-state index contributed by atoms with van der Waals surface area (Å²) in [4.78, 5) is 12.2. The van der Waals surface area contributed by atoms with Crippen LogP contribution in [0.4, 0.5) is 5.69 Å². The van der Waals surface area contributed by atoms with Crippen molar-refractivity contribution in [3.63, 3.8) is 0 Å². The van der Waals surface area contributed by atoms with Crippen LogP contribution in [-0.4, -0.2) is 17.6 Å². The summed E-state index contributed by atoms with van der Waals surface area (Å²) in [5.41, 5.74) is 2.32. The maximum absolute atomic E-state index is 12.2. The highest BCUT2D eigenvalue weighted by Crippen LogP contribution is 2.26. The van der Waals surface area contributed by atoms with Crippen LogP contribution < -0.4 is 10.1 Å². The molecule has 2 rings (SSSR count). The number of halogens is 1. The van der Waals surface area contributed by atoms with E-state index in [0.29, 0.717) is 17.1 Å². The lowest BCUT2D eigenvalue weighted by Gasteiger charge is -2.11. The number of aryl methyl sites for hydroxylation is 2. The van der Waals surface area contributed by atoms with Crippen LogP contribution in [0.5, 0.6) is 5.75 Å². The Hall–Kier alpha value is -1.75. The van der Waals surface area contributed by atoms with Gasteiger partial charge in [-0.15, -0.1) is 0 Å². The molecule has 0 radical (unpaired) electrons. The van der Waals surface area contributed by atoms with Crippen molar-refractivity contribution in [3.8, 4) is 5.75 Å². The highest BCUT2D eigenvalue weighted by atomic mass is 79.9. The van der Waals surface area contributed by atoms with Gasteiger partial charge in [-0.2, -0.15) is 0 Å². The zero-order valence-corrected chi connectivity index (χ0v) is 12.6. The molecule has 4 nitrogen and oxygen atoms in total. The summed E-state index contributed by atoms with van der Waals surface area (Å²) < 4.78 is 7.90. The van der Waals surface area contributed by atoms with E-state index in [1.165, 1.54) is 0 Å². The number of aromatic nitrogens is 1. The number of carbonyl (C=O) groups is 1. The molecule has 0 spiro atoms. The van der Waals surface area contributed by atoms with Gasteiger partial charge in [-0.25, -0.2) is 0 Å². The molecule has 0 aliphatic carbocycles. The van der Waals surface area contributed by atoms with Crippen LogP contribution in [0.2, 0.25) is 0 Å². The highest BCUT2D eigenvalue weighted by molar-refractivity contribution is 9.10. The smallest absolute Gasteiger partial charge is 0.272 e. The average molecular weight is 323 g/mol. The van der Waals surface area contributed by atoms with Crippen molar-refractivity contribution in [2.24, 2.45) is 7.05 Å². The van der Waals surface area contributed by atoms with Crippen LogP contribution in [0, 0.1) is 6.92 Å². The third kappa shape index (κ3) is 2.98. The largest absolute Gasteiger partial charge is 0.495 e. The Bertz CT molecular complexity index is 620. The minimum absolute atomic E-state index is 0.171. The predicted molar refractivity (Wildman–Crippen MR) is 78.8 cm³/mol. The number of methoxy groups -OCH3 is 1. The molecule has 1 aromatic heterocycles. The molecular weight excluding hydrogens is 308 g/mol. The molecule has 0 saturated heterocycles. The Morgan fingerprint density at radius 3 is 2.68 bits per heavy atom. The fourth-order valence-electron chi connectivity index (χ4n) is 1.84. The zero-order valence-electron chi connectivity index (χ0n) is 11.0. The van der Waals surface area contributed by atoms with Gasteiger partial charge in [0.05, 0.1) is 12.8 Å². The van der Waals surface area contributed by atoms with Crippen LogP contribution in [0.3, 0.4) is 0 Å². The number of anilines is 1. The summed E-state index contributed by atoms with van der Waals surface area (Å²) in [7, 11) is 3.41. The number of amides is 1. The lowest BCUT2D eigenvalue weighted by atomic mass is 10.2. The lowest BCUT2D eigenvalue weighted by molar-refractivity contribution is 0.101. The Morgan fingerprint density at radius 2 is 2.11 bits per heavy atom. The maximum Gasteiger partial charge on any atom is 0.272 e. The number of nitrogens with zero attached hydrogens (tertiary/aromatic N) is 1. The third-order valence-electron chi connectivity index (χ3n) is 2.81. The third-order valence-corrected chi connectivity index (χ3v) is 3.24. The molecule has 1 aromatic carbocycles. The van der Waals surface area contributed by atoms with Gasteiger partial charge in [0.2, 0.25) is 0 Å². The van der Waals surface area contributed by atoms with Crippen LogP contribution in [0.25, 0.3) is 0 Å². The summed E-state index contributed by atoms with van der Waals surface area (Å²) in [6, 6.07) is 7.43. The fraction of sp³-hybridized carbons (Fsp3) is 0.214. The first-order valence-electron chi connectivity index (χ1n) is 5.79. The molecule has 100 valence electrons. The quantitative estimate of drug-likeness (QED) is 0.941. The van der Waals surface area contributed by atoms with Crippen molar-refractivity contribution < 1.29 is 9.53 Å². The molecule has 0 bridgehead atoms. The molecule has 0 aliphatic heterocycles. The lowest BCUT2D eigenvalue weighted by Crippen LogP contribution is -2.15. The Labute approximate surface area is 120 Å². The van der Waals surface area contributed by atoms with E-state index in [9.17, 15) is 4.79 Å². The molecular formula is C14H15BrN2O2. The van der Waals surface area contributed by atoms with Gasteiger partial charge in [0, 0.05) is 17.7 Å². The van der Waals surface area contributed by atoms with Crippen LogP contribution in [0.1, 0.15) is 16.1 Å². The van der Waals surface area contributed by atoms with Crippen molar-refractivity contribution in [2.75, 3.05) is 12.4 Å². The Kier molecular flexibility index (Phi) is 3.95. The van der Waals surface area contributed by atoms with E-state index in [-0.39, 0.29) is 5.91 Å². The van der Waals surface area contributed by atoms with Gasteiger partial charge in [0.15, 0.2) is 0 Å². The Balaban J connectivity index is 2.26. The number of carbonyl (C=O) groups excluding carboxylic acids is 1. The summed E-state index contributed by atoms with van der Waals surface area (Å²) in [6.07, 6.45) is 1.83. The Morgan fingerprint density at radius 1 is 1.37 bits per heavy atom. The molecule has 5 heteroatoms. The zero-order chi connectivity index (χ0) is 14.0. The number of hydrogen-bond donors (Lipinski definition) is 1. The summed E-state index contributed by atoms with van der Waals surface area (Å²) >= 11 is 3.35. The molecule has 0 atom stereocenters. The van der Waals surface area contributed by atoms with E-state index < -0.39 is 0 Å². The second-order valence-corrected chi connectivity index (χ2v) is 5.23. The second kappa shape index (κ2) is 5.48. The molecule has 1 amide bonds. The van der Waals surface area contributed by atoms with E-state index in [4.69, 9.17) is 4.74 Å². The number of hydrogen-bond acceptors (Lipinski definition) is 2. The van der Waals surface area contributed by atoms with Gasteiger partial charge in [-0.05, 0) is 46.6 Å². The molecule has 0 saturated carbocycles. The molecule has 1 N–H and O–H groups in total. The van der Waals surface area contributed by atoms with Gasteiger partial charge >= 0.3 is 0 Å².